The van der Waals surface area contributed by atoms with Crippen molar-refractivity contribution in [3.63, 3.8) is 0 Å². The number of nitrogens with one attached hydrogen (secondary N) is 1. The van der Waals surface area contributed by atoms with Crippen LogP contribution in [0.2, 0.25) is 0 Å². The Bertz CT molecular complexity index is 244. The van der Waals surface area contributed by atoms with Crippen molar-refractivity contribution in [2.45, 2.75) is 79.1 Å². The highest BCUT2D eigenvalue weighted by molar-refractivity contribution is 4.78. The quantitative estimate of drug-likeness (QED) is 0.621. The van der Waals surface area contributed by atoms with Crippen LogP contribution in [0.4, 0.5) is 0 Å². The molecule has 21 heavy (non-hydrogen) atoms. The third-order valence-electron chi connectivity index (χ3n) is 5.05. The SMILES string of the molecule is CCCNCCCCCCN1CCCC(C(C)(C)C)CC1. The molecule has 0 radical (unpaired) electrons. The zero-order valence-corrected chi connectivity index (χ0v) is 15.2. The topological polar surface area (TPSA) is 15.3 Å². The average Bonchev–Trinajstić information content (AvgIpc) is 2.67. The molecule has 0 spiro atoms. The van der Waals surface area contributed by atoms with E-state index in [0.717, 1.165) is 5.92 Å². The van der Waals surface area contributed by atoms with E-state index < -0.39 is 0 Å². The Morgan fingerprint density at radius 3 is 2.43 bits per heavy atom. The molecule has 1 rings (SSSR count). The van der Waals surface area contributed by atoms with E-state index in [4.69, 9.17) is 0 Å². The predicted octanol–water partition coefficient (Wildman–Crippen LogP) is 4.69. The molecule has 0 bridgehead atoms. The lowest BCUT2D eigenvalue weighted by atomic mass is 9.77. The van der Waals surface area contributed by atoms with Gasteiger partial charge in [0.1, 0.15) is 0 Å². The van der Waals surface area contributed by atoms with Gasteiger partial charge in [0.2, 0.25) is 0 Å². The molecule has 1 heterocycles. The highest BCUT2D eigenvalue weighted by Gasteiger charge is 2.26. The molecule has 126 valence electrons. The molecule has 0 aliphatic carbocycles. The molecular weight excluding hydrogens is 256 g/mol. The first-order valence-electron chi connectivity index (χ1n) is 9.47. The van der Waals surface area contributed by atoms with Crippen LogP contribution in [0.1, 0.15) is 79.1 Å². The lowest BCUT2D eigenvalue weighted by Crippen LogP contribution is -2.27. The van der Waals surface area contributed by atoms with Gasteiger partial charge in [0.25, 0.3) is 0 Å². The van der Waals surface area contributed by atoms with Crippen LogP contribution in [-0.2, 0) is 0 Å². The summed E-state index contributed by atoms with van der Waals surface area (Å²) in [5.74, 6) is 0.923. The monoisotopic (exact) mass is 296 g/mol. The number of likely N-dealkylation sites (tertiary alicyclic amines) is 1. The zero-order chi connectivity index (χ0) is 15.6. The van der Waals surface area contributed by atoms with Crippen molar-refractivity contribution in [3.8, 4) is 0 Å². The van der Waals surface area contributed by atoms with Crippen LogP contribution in [0.5, 0.6) is 0 Å². The number of hydrogen-bond acceptors (Lipinski definition) is 2. The Hall–Kier alpha value is -0.0800. The average molecular weight is 297 g/mol. The molecule has 0 amide bonds. The maximum Gasteiger partial charge on any atom is -0.00159 e. The largest absolute Gasteiger partial charge is 0.317 e. The first kappa shape index (κ1) is 19.0. The first-order chi connectivity index (χ1) is 10.0. The van der Waals surface area contributed by atoms with Crippen LogP contribution in [0.25, 0.3) is 0 Å². The van der Waals surface area contributed by atoms with Crippen molar-refractivity contribution in [3.05, 3.63) is 0 Å². The molecule has 1 saturated heterocycles. The van der Waals surface area contributed by atoms with Gasteiger partial charge in [0, 0.05) is 0 Å². The Morgan fingerprint density at radius 1 is 0.952 bits per heavy atom. The number of hydrogen-bond donors (Lipinski definition) is 1. The smallest absolute Gasteiger partial charge is 0.00159 e. The molecule has 0 aromatic carbocycles. The van der Waals surface area contributed by atoms with Gasteiger partial charge >= 0.3 is 0 Å². The minimum atomic E-state index is 0.501. The van der Waals surface area contributed by atoms with E-state index >= 15 is 0 Å². The summed E-state index contributed by atoms with van der Waals surface area (Å²) in [5.41, 5.74) is 0.501. The third-order valence-corrected chi connectivity index (χ3v) is 5.05. The molecule has 1 N–H and O–H groups in total. The summed E-state index contributed by atoms with van der Waals surface area (Å²) in [5, 5.41) is 3.49. The molecule has 0 saturated carbocycles. The van der Waals surface area contributed by atoms with E-state index in [1.807, 2.05) is 0 Å². The second kappa shape index (κ2) is 10.6. The molecule has 1 atom stereocenters. The lowest BCUT2D eigenvalue weighted by Gasteiger charge is -2.29. The van der Waals surface area contributed by atoms with Gasteiger partial charge in [0.15, 0.2) is 0 Å². The van der Waals surface area contributed by atoms with Gasteiger partial charge in [-0.1, -0.05) is 40.5 Å². The molecule has 1 aliphatic rings. The minimum Gasteiger partial charge on any atom is -0.317 e. The van der Waals surface area contributed by atoms with Crippen LogP contribution in [0, 0.1) is 11.3 Å². The summed E-state index contributed by atoms with van der Waals surface area (Å²) in [6.07, 6.45) is 11.1. The van der Waals surface area contributed by atoms with Gasteiger partial charge in [-0.15, -0.1) is 0 Å². The van der Waals surface area contributed by atoms with Crippen molar-refractivity contribution in [2.24, 2.45) is 11.3 Å². The standard InChI is InChI=1S/C19H40N2/c1-5-13-20-14-8-6-7-9-15-21-16-10-11-18(12-17-21)19(2,3)4/h18,20H,5-17H2,1-4H3. The van der Waals surface area contributed by atoms with Crippen molar-refractivity contribution >= 4 is 0 Å². The highest BCUT2D eigenvalue weighted by atomic mass is 15.1. The van der Waals surface area contributed by atoms with E-state index in [1.165, 1.54) is 84.1 Å². The molecule has 2 heteroatoms. The van der Waals surface area contributed by atoms with E-state index in [0.29, 0.717) is 5.41 Å². The van der Waals surface area contributed by atoms with Gasteiger partial charge < -0.3 is 10.2 Å². The van der Waals surface area contributed by atoms with Crippen molar-refractivity contribution < 1.29 is 0 Å². The van der Waals surface area contributed by atoms with Gasteiger partial charge in [-0.25, -0.2) is 0 Å². The van der Waals surface area contributed by atoms with Crippen LogP contribution in [-0.4, -0.2) is 37.6 Å². The van der Waals surface area contributed by atoms with Crippen LogP contribution < -0.4 is 5.32 Å². The van der Waals surface area contributed by atoms with E-state index in [-0.39, 0.29) is 0 Å². The maximum atomic E-state index is 3.49. The van der Waals surface area contributed by atoms with E-state index in [9.17, 15) is 0 Å². The Labute approximate surface area is 134 Å². The number of unbranched alkanes of at least 4 members (excludes halogenated alkanes) is 3. The predicted molar refractivity (Wildman–Crippen MR) is 94.9 cm³/mol. The van der Waals surface area contributed by atoms with E-state index in [2.05, 4.69) is 37.9 Å². The second-order valence-electron chi connectivity index (χ2n) is 8.00. The van der Waals surface area contributed by atoms with Crippen molar-refractivity contribution in [2.75, 3.05) is 32.7 Å². The molecule has 1 unspecified atom stereocenters. The Morgan fingerprint density at radius 2 is 1.71 bits per heavy atom. The first-order valence-corrected chi connectivity index (χ1v) is 9.47. The summed E-state index contributed by atoms with van der Waals surface area (Å²) < 4.78 is 0. The van der Waals surface area contributed by atoms with Crippen molar-refractivity contribution in [1.82, 2.24) is 10.2 Å². The van der Waals surface area contributed by atoms with Crippen LogP contribution in [0.3, 0.4) is 0 Å². The third kappa shape index (κ3) is 8.83. The highest BCUT2D eigenvalue weighted by Crippen LogP contribution is 2.34. The molecular formula is C19H40N2. The summed E-state index contributed by atoms with van der Waals surface area (Å²) in [6, 6.07) is 0. The molecule has 0 aromatic rings. The molecule has 0 aromatic heterocycles. The lowest BCUT2D eigenvalue weighted by molar-refractivity contribution is 0.207. The fourth-order valence-electron chi connectivity index (χ4n) is 3.49. The molecule has 2 nitrogen and oxygen atoms in total. The number of rotatable bonds is 9. The summed E-state index contributed by atoms with van der Waals surface area (Å²) in [7, 11) is 0. The van der Waals surface area contributed by atoms with Gasteiger partial charge in [-0.2, -0.15) is 0 Å². The summed E-state index contributed by atoms with van der Waals surface area (Å²) >= 11 is 0. The summed E-state index contributed by atoms with van der Waals surface area (Å²) in [4.78, 5) is 2.72. The normalized spacial score (nSPS) is 21.4. The van der Waals surface area contributed by atoms with Gasteiger partial charge in [0.05, 0.1) is 0 Å². The van der Waals surface area contributed by atoms with Gasteiger partial charge in [-0.3, -0.25) is 0 Å². The zero-order valence-electron chi connectivity index (χ0n) is 15.2. The summed E-state index contributed by atoms with van der Waals surface area (Å²) in [6.45, 7) is 15.9. The maximum absolute atomic E-state index is 3.49. The second-order valence-corrected chi connectivity index (χ2v) is 8.00. The fourth-order valence-corrected chi connectivity index (χ4v) is 3.49. The van der Waals surface area contributed by atoms with E-state index in [1.54, 1.807) is 0 Å². The Kier molecular flexibility index (Phi) is 9.59. The van der Waals surface area contributed by atoms with Gasteiger partial charge in [-0.05, 0) is 82.6 Å². The molecule has 1 aliphatic heterocycles. The number of nitrogens with zero attached hydrogens (tertiary/aromatic N) is 1. The fraction of sp³-hybridized carbons (Fsp3) is 1.00. The van der Waals surface area contributed by atoms with Crippen LogP contribution in [0.15, 0.2) is 0 Å². The molecule has 1 fully saturated rings. The minimum absolute atomic E-state index is 0.501. The Balaban J connectivity index is 2.03. The van der Waals surface area contributed by atoms with Crippen LogP contribution >= 0.6 is 0 Å². The van der Waals surface area contributed by atoms with Crippen molar-refractivity contribution in [1.29, 1.82) is 0 Å².